The van der Waals surface area contributed by atoms with E-state index in [2.05, 4.69) is 31.3 Å². The molecule has 1 aromatic carbocycles. The lowest BCUT2D eigenvalue weighted by Gasteiger charge is -2.23. The fourth-order valence-electron chi connectivity index (χ4n) is 2.18. The molecule has 0 bridgehead atoms. The predicted octanol–water partition coefficient (Wildman–Crippen LogP) is 1.44. The average Bonchev–Trinajstić information content (AvgIpc) is 2.41. The molecule has 8 heteroatoms. The molecule has 1 saturated heterocycles. The Morgan fingerprint density at radius 1 is 1.33 bits per heavy atom. The second-order valence-corrected chi connectivity index (χ2v) is 7.54. The van der Waals surface area contributed by atoms with Gasteiger partial charge in [0.05, 0.1) is 10.6 Å². The van der Waals surface area contributed by atoms with E-state index in [1.165, 1.54) is 19.1 Å². The summed E-state index contributed by atoms with van der Waals surface area (Å²) in [6.07, 6.45) is 1.56. The lowest BCUT2D eigenvalue weighted by Crippen LogP contribution is -2.42. The Balaban J connectivity index is 2.16. The maximum atomic E-state index is 12.3. The minimum Gasteiger partial charge on any atom is -0.325 e. The van der Waals surface area contributed by atoms with Crippen molar-refractivity contribution in [1.82, 2.24) is 10.0 Å². The van der Waals surface area contributed by atoms with Crippen LogP contribution in [-0.2, 0) is 14.8 Å². The average molecular weight is 376 g/mol. The Labute approximate surface area is 132 Å². The van der Waals surface area contributed by atoms with Gasteiger partial charge in [0.2, 0.25) is 15.9 Å². The maximum Gasteiger partial charge on any atom is 0.240 e. The number of benzene rings is 1. The molecule has 0 saturated carbocycles. The van der Waals surface area contributed by atoms with Crippen molar-refractivity contribution in [3.63, 3.8) is 0 Å². The molecular formula is C13H18BrN3O3S. The molecule has 1 aliphatic heterocycles. The van der Waals surface area contributed by atoms with Crippen LogP contribution in [0.15, 0.2) is 27.6 Å². The van der Waals surface area contributed by atoms with E-state index in [0.717, 1.165) is 25.9 Å². The molecule has 1 aliphatic rings. The lowest BCUT2D eigenvalue weighted by molar-refractivity contribution is -0.114. The number of halogens is 1. The molecule has 6 nitrogen and oxygen atoms in total. The second-order valence-electron chi connectivity index (χ2n) is 4.97. The third kappa shape index (κ3) is 4.50. The van der Waals surface area contributed by atoms with E-state index in [1.54, 1.807) is 6.07 Å². The first-order valence-electron chi connectivity index (χ1n) is 6.69. The van der Waals surface area contributed by atoms with Crippen LogP contribution in [0.25, 0.3) is 0 Å². The van der Waals surface area contributed by atoms with Crippen molar-refractivity contribution < 1.29 is 13.2 Å². The zero-order chi connectivity index (χ0) is 15.5. The Morgan fingerprint density at radius 2 is 2.00 bits per heavy atom. The van der Waals surface area contributed by atoms with Gasteiger partial charge in [0, 0.05) is 17.4 Å². The van der Waals surface area contributed by atoms with Gasteiger partial charge in [-0.15, -0.1) is 0 Å². The Bertz CT molecular complexity index is 628. The van der Waals surface area contributed by atoms with Crippen LogP contribution in [0, 0.1) is 0 Å². The summed E-state index contributed by atoms with van der Waals surface area (Å²) in [6, 6.07) is 4.52. The van der Waals surface area contributed by atoms with Gasteiger partial charge < -0.3 is 10.6 Å². The third-order valence-corrected chi connectivity index (χ3v) is 5.40. The van der Waals surface area contributed by atoms with E-state index in [-0.39, 0.29) is 16.8 Å². The quantitative estimate of drug-likeness (QED) is 0.742. The van der Waals surface area contributed by atoms with Crippen LogP contribution in [0.2, 0.25) is 0 Å². The summed E-state index contributed by atoms with van der Waals surface area (Å²) in [4.78, 5) is 11.2. The summed E-state index contributed by atoms with van der Waals surface area (Å²) in [5, 5.41) is 5.82. The molecule has 0 spiro atoms. The highest BCUT2D eigenvalue weighted by Crippen LogP contribution is 2.26. The number of rotatable bonds is 4. The van der Waals surface area contributed by atoms with Crippen LogP contribution >= 0.6 is 15.9 Å². The van der Waals surface area contributed by atoms with Gasteiger partial charge in [0.25, 0.3) is 0 Å². The molecule has 21 heavy (non-hydrogen) atoms. The first kappa shape index (κ1) is 16.4. The van der Waals surface area contributed by atoms with Crippen molar-refractivity contribution in [3.8, 4) is 0 Å². The van der Waals surface area contributed by atoms with Crippen LogP contribution < -0.4 is 15.4 Å². The third-order valence-electron chi connectivity index (χ3n) is 3.22. The van der Waals surface area contributed by atoms with Crippen LogP contribution in [0.3, 0.4) is 0 Å². The molecule has 1 heterocycles. The van der Waals surface area contributed by atoms with Gasteiger partial charge in [-0.05, 0) is 60.1 Å². The monoisotopic (exact) mass is 375 g/mol. The number of carbonyl (C=O) groups is 1. The number of sulfonamides is 1. The number of anilines is 1. The molecule has 3 N–H and O–H groups in total. The molecule has 0 aliphatic carbocycles. The van der Waals surface area contributed by atoms with E-state index < -0.39 is 10.0 Å². The van der Waals surface area contributed by atoms with E-state index in [1.807, 2.05) is 0 Å². The maximum absolute atomic E-state index is 12.3. The molecule has 1 aromatic rings. The normalized spacial score (nSPS) is 16.7. The second kappa shape index (κ2) is 6.87. The number of hydrogen-bond acceptors (Lipinski definition) is 4. The highest BCUT2D eigenvalue weighted by molar-refractivity contribution is 9.10. The van der Waals surface area contributed by atoms with Gasteiger partial charge in [-0.2, -0.15) is 0 Å². The van der Waals surface area contributed by atoms with Crippen LogP contribution in [0.1, 0.15) is 19.8 Å². The fraction of sp³-hybridized carbons (Fsp3) is 0.462. The molecule has 0 radical (unpaired) electrons. The van der Waals surface area contributed by atoms with Crippen molar-refractivity contribution in [1.29, 1.82) is 0 Å². The zero-order valence-electron chi connectivity index (χ0n) is 11.6. The van der Waals surface area contributed by atoms with Crippen molar-refractivity contribution in [2.75, 3.05) is 18.4 Å². The van der Waals surface area contributed by atoms with Gasteiger partial charge in [-0.25, -0.2) is 13.1 Å². The lowest BCUT2D eigenvalue weighted by atomic mass is 10.1. The number of amides is 1. The van der Waals surface area contributed by atoms with Gasteiger partial charge in [-0.1, -0.05) is 0 Å². The summed E-state index contributed by atoms with van der Waals surface area (Å²) in [5.41, 5.74) is 0.545. The standard InChI is InChI=1S/C13H18BrN3O3S/c1-9(18)16-13-3-2-11(8-12(13)14)21(19,20)17-10-4-6-15-7-5-10/h2-3,8,10,15,17H,4-7H2,1H3,(H,16,18). The van der Waals surface area contributed by atoms with Gasteiger partial charge in [0.1, 0.15) is 0 Å². The predicted molar refractivity (Wildman–Crippen MR) is 84.7 cm³/mol. The summed E-state index contributed by atoms with van der Waals surface area (Å²) >= 11 is 3.28. The minimum absolute atomic E-state index is 0.0370. The number of carbonyl (C=O) groups excluding carboxylic acids is 1. The molecule has 1 amide bonds. The number of piperidine rings is 1. The Hall–Kier alpha value is -0.960. The first-order chi connectivity index (χ1) is 9.88. The first-order valence-corrected chi connectivity index (χ1v) is 8.96. The van der Waals surface area contributed by atoms with Gasteiger partial charge >= 0.3 is 0 Å². The molecule has 0 aromatic heterocycles. The molecule has 0 atom stereocenters. The van der Waals surface area contributed by atoms with E-state index in [4.69, 9.17) is 0 Å². The molecule has 116 valence electrons. The largest absolute Gasteiger partial charge is 0.325 e. The van der Waals surface area contributed by atoms with E-state index >= 15 is 0 Å². The Morgan fingerprint density at radius 3 is 2.57 bits per heavy atom. The summed E-state index contributed by atoms with van der Waals surface area (Å²) < 4.78 is 27.9. The van der Waals surface area contributed by atoms with Crippen LogP contribution in [-0.4, -0.2) is 33.5 Å². The van der Waals surface area contributed by atoms with Gasteiger partial charge in [-0.3, -0.25) is 4.79 Å². The minimum atomic E-state index is -3.55. The fourth-order valence-corrected chi connectivity index (χ4v) is 4.14. The summed E-state index contributed by atoms with van der Waals surface area (Å²) in [7, 11) is -3.55. The van der Waals surface area contributed by atoms with Crippen molar-refractivity contribution in [2.45, 2.75) is 30.7 Å². The van der Waals surface area contributed by atoms with Crippen LogP contribution in [0.5, 0.6) is 0 Å². The van der Waals surface area contributed by atoms with E-state index in [9.17, 15) is 13.2 Å². The molecule has 0 unspecified atom stereocenters. The summed E-state index contributed by atoms with van der Waals surface area (Å²) in [5.74, 6) is -0.209. The van der Waals surface area contributed by atoms with E-state index in [0.29, 0.717) is 10.2 Å². The van der Waals surface area contributed by atoms with Crippen molar-refractivity contribution >= 4 is 37.5 Å². The Kier molecular flexibility index (Phi) is 5.37. The van der Waals surface area contributed by atoms with Crippen LogP contribution in [0.4, 0.5) is 5.69 Å². The van der Waals surface area contributed by atoms with Gasteiger partial charge in [0.15, 0.2) is 0 Å². The number of nitrogens with one attached hydrogen (secondary N) is 3. The van der Waals surface area contributed by atoms with Crippen molar-refractivity contribution in [3.05, 3.63) is 22.7 Å². The molecular weight excluding hydrogens is 358 g/mol. The highest BCUT2D eigenvalue weighted by atomic mass is 79.9. The number of hydrogen-bond donors (Lipinski definition) is 3. The SMILES string of the molecule is CC(=O)Nc1ccc(S(=O)(=O)NC2CCNCC2)cc1Br. The summed E-state index contributed by atoms with van der Waals surface area (Å²) in [6.45, 7) is 3.03. The topological polar surface area (TPSA) is 87.3 Å². The van der Waals surface area contributed by atoms with Crippen molar-refractivity contribution in [2.24, 2.45) is 0 Å². The smallest absolute Gasteiger partial charge is 0.240 e. The highest BCUT2D eigenvalue weighted by Gasteiger charge is 2.22. The zero-order valence-corrected chi connectivity index (χ0v) is 14.1. The molecule has 1 fully saturated rings. The molecule has 2 rings (SSSR count).